The van der Waals surface area contributed by atoms with Crippen LogP contribution in [0.4, 0.5) is 0 Å². The molecule has 0 saturated carbocycles. The molecule has 0 radical (unpaired) electrons. The van der Waals surface area contributed by atoms with Gasteiger partial charge >= 0.3 is 0 Å². The van der Waals surface area contributed by atoms with Gasteiger partial charge in [0.15, 0.2) is 0 Å². The van der Waals surface area contributed by atoms with Crippen LogP contribution in [-0.2, 0) is 13.1 Å². The van der Waals surface area contributed by atoms with Gasteiger partial charge in [0.25, 0.3) is 0 Å². The molecule has 1 N–H and O–H groups in total. The third kappa shape index (κ3) is 3.64. The molecule has 0 aliphatic carbocycles. The van der Waals surface area contributed by atoms with E-state index in [1.165, 1.54) is 5.56 Å². The number of nitrogens with one attached hydrogen (secondary N) is 1. The Kier molecular flexibility index (Phi) is 4.89. The van der Waals surface area contributed by atoms with Crippen molar-refractivity contribution in [2.45, 2.75) is 40.8 Å². The van der Waals surface area contributed by atoms with Crippen LogP contribution in [-0.4, -0.2) is 16.3 Å². The van der Waals surface area contributed by atoms with Crippen molar-refractivity contribution in [3.8, 4) is 0 Å². The molecule has 0 aromatic carbocycles. The van der Waals surface area contributed by atoms with Crippen LogP contribution < -0.4 is 5.32 Å². The average molecular weight is 296 g/mol. The van der Waals surface area contributed by atoms with E-state index in [2.05, 4.69) is 30.3 Å². The van der Waals surface area contributed by atoms with Crippen LogP contribution in [0.3, 0.4) is 0 Å². The Morgan fingerprint density at radius 3 is 2.75 bits per heavy atom. The minimum absolute atomic E-state index is 0.615. The summed E-state index contributed by atoms with van der Waals surface area (Å²) < 4.78 is 7.65. The lowest BCUT2D eigenvalue weighted by molar-refractivity contribution is 0.453. The Morgan fingerprint density at radius 1 is 1.40 bits per heavy atom. The van der Waals surface area contributed by atoms with Gasteiger partial charge in [0.05, 0.1) is 23.5 Å². The number of hydrogen-bond acceptors (Lipinski definition) is 3. The predicted octanol–water partition coefficient (Wildman–Crippen LogP) is 3.54. The van der Waals surface area contributed by atoms with E-state index in [0.717, 1.165) is 30.3 Å². The second-order valence-corrected chi connectivity index (χ2v) is 5.96. The predicted molar refractivity (Wildman–Crippen MR) is 81.1 cm³/mol. The normalized spacial score (nSPS) is 11.5. The van der Waals surface area contributed by atoms with E-state index in [0.29, 0.717) is 17.5 Å². The van der Waals surface area contributed by atoms with Crippen molar-refractivity contribution in [1.82, 2.24) is 15.1 Å². The fourth-order valence-corrected chi connectivity index (χ4v) is 2.21. The lowest BCUT2D eigenvalue weighted by Gasteiger charge is -2.05. The summed E-state index contributed by atoms with van der Waals surface area (Å²) in [6.45, 7) is 10.8. The molecular weight excluding hydrogens is 274 g/mol. The lowest BCUT2D eigenvalue weighted by Crippen LogP contribution is -2.19. The topological polar surface area (TPSA) is 43.0 Å². The van der Waals surface area contributed by atoms with Gasteiger partial charge in [-0.2, -0.15) is 5.10 Å². The fourth-order valence-electron chi connectivity index (χ4n) is 2.07. The summed E-state index contributed by atoms with van der Waals surface area (Å²) >= 11 is 6.01. The van der Waals surface area contributed by atoms with Crippen molar-refractivity contribution in [2.75, 3.05) is 6.54 Å². The van der Waals surface area contributed by atoms with E-state index in [9.17, 15) is 0 Å². The Bertz CT molecular complexity index is 572. The van der Waals surface area contributed by atoms with Crippen molar-refractivity contribution in [3.05, 3.63) is 40.1 Å². The maximum Gasteiger partial charge on any atom is 0.125 e. The lowest BCUT2D eigenvalue weighted by atomic mass is 10.2. The molecule has 4 nitrogen and oxygen atoms in total. The highest BCUT2D eigenvalue weighted by Gasteiger charge is 2.10. The SMILES string of the molecule is Cc1oc(Cn2ncc(Cl)c2C)cc1CNCC(C)C. The monoisotopic (exact) mass is 295 g/mol. The number of halogens is 1. The molecule has 0 aliphatic heterocycles. The fraction of sp³-hybridized carbons (Fsp3) is 0.533. The highest BCUT2D eigenvalue weighted by Crippen LogP contribution is 2.18. The number of aromatic nitrogens is 2. The number of furan rings is 1. The molecule has 0 amide bonds. The van der Waals surface area contributed by atoms with Crippen molar-refractivity contribution in [3.63, 3.8) is 0 Å². The second-order valence-electron chi connectivity index (χ2n) is 5.55. The average Bonchev–Trinajstić information content (AvgIpc) is 2.87. The zero-order valence-corrected chi connectivity index (χ0v) is 13.3. The van der Waals surface area contributed by atoms with Gasteiger partial charge < -0.3 is 9.73 Å². The number of rotatable bonds is 6. The Labute approximate surface area is 125 Å². The van der Waals surface area contributed by atoms with E-state index in [1.54, 1.807) is 6.20 Å². The maximum atomic E-state index is 6.01. The smallest absolute Gasteiger partial charge is 0.125 e. The summed E-state index contributed by atoms with van der Waals surface area (Å²) in [7, 11) is 0. The van der Waals surface area contributed by atoms with Crippen LogP contribution in [0.15, 0.2) is 16.7 Å². The van der Waals surface area contributed by atoms with Crippen LogP contribution in [0.5, 0.6) is 0 Å². The maximum absolute atomic E-state index is 6.01. The zero-order chi connectivity index (χ0) is 14.7. The van der Waals surface area contributed by atoms with Crippen LogP contribution in [0.1, 0.15) is 36.6 Å². The number of hydrogen-bond donors (Lipinski definition) is 1. The summed E-state index contributed by atoms with van der Waals surface area (Å²) in [6, 6.07) is 2.09. The first-order valence-electron chi connectivity index (χ1n) is 6.94. The Morgan fingerprint density at radius 2 is 2.15 bits per heavy atom. The van der Waals surface area contributed by atoms with Gasteiger partial charge in [-0.3, -0.25) is 4.68 Å². The van der Waals surface area contributed by atoms with Crippen LogP contribution in [0.2, 0.25) is 5.02 Å². The number of nitrogens with zero attached hydrogens (tertiary/aromatic N) is 2. The van der Waals surface area contributed by atoms with E-state index < -0.39 is 0 Å². The molecule has 20 heavy (non-hydrogen) atoms. The van der Waals surface area contributed by atoms with Crippen LogP contribution in [0, 0.1) is 19.8 Å². The molecule has 2 heterocycles. The summed E-state index contributed by atoms with van der Waals surface area (Å²) in [5, 5.41) is 8.36. The molecule has 0 bridgehead atoms. The molecule has 2 rings (SSSR count). The van der Waals surface area contributed by atoms with Gasteiger partial charge in [-0.15, -0.1) is 0 Å². The summed E-state index contributed by atoms with van der Waals surface area (Å²) in [6.07, 6.45) is 1.66. The number of aryl methyl sites for hydroxylation is 1. The van der Waals surface area contributed by atoms with E-state index in [4.69, 9.17) is 16.0 Å². The van der Waals surface area contributed by atoms with Gasteiger partial charge in [-0.1, -0.05) is 25.4 Å². The van der Waals surface area contributed by atoms with Crippen molar-refractivity contribution in [1.29, 1.82) is 0 Å². The standard InChI is InChI=1S/C15H22ClN3O/c1-10(2)6-17-7-13-5-14(20-12(13)4)9-19-11(3)15(16)8-18-19/h5,8,10,17H,6-7,9H2,1-4H3. The third-order valence-corrected chi connectivity index (χ3v) is 3.66. The molecule has 2 aromatic rings. The minimum atomic E-state index is 0.615. The molecule has 0 unspecified atom stereocenters. The van der Waals surface area contributed by atoms with E-state index in [-0.39, 0.29) is 0 Å². The summed E-state index contributed by atoms with van der Waals surface area (Å²) in [4.78, 5) is 0. The molecule has 0 fully saturated rings. The molecule has 2 aromatic heterocycles. The van der Waals surface area contributed by atoms with Gasteiger partial charge in [0.2, 0.25) is 0 Å². The van der Waals surface area contributed by atoms with Crippen molar-refractivity contribution < 1.29 is 4.42 Å². The Hall–Kier alpha value is -1.26. The second kappa shape index (κ2) is 6.46. The van der Waals surface area contributed by atoms with Gasteiger partial charge in [0, 0.05) is 12.1 Å². The van der Waals surface area contributed by atoms with E-state index in [1.807, 2.05) is 18.5 Å². The molecule has 0 atom stereocenters. The highest BCUT2D eigenvalue weighted by atomic mass is 35.5. The first-order chi connectivity index (χ1) is 9.47. The highest BCUT2D eigenvalue weighted by molar-refractivity contribution is 6.31. The van der Waals surface area contributed by atoms with E-state index >= 15 is 0 Å². The van der Waals surface area contributed by atoms with Crippen LogP contribution >= 0.6 is 11.6 Å². The summed E-state index contributed by atoms with van der Waals surface area (Å²) in [5.41, 5.74) is 2.16. The molecular formula is C15H22ClN3O. The Balaban J connectivity index is 2.01. The molecule has 0 saturated heterocycles. The van der Waals surface area contributed by atoms with Gasteiger partial charge in [-0.05, 0) is 32.4 Å². The van der Waals surface area contributed by atoms with Crippen molar-refractivity contribution in [2.24, 2.45) is 5.92 Å². The molecule has 0 aliphatic rings. The van der Waals surface area contributed by atoms with Gasteiger partial charge in [-0.25, -0.2) is 0 Å². The quantitative estimate of drug-likeness (QED) is 0.886. The summed E-state index contributed by atoms with van der Waals surface area (Å²) in [5.74, 6) is 2.52. The third-order valence-electron chi connectivity index (χ3n) is 3.29. The molecule has 110 valence electrons. The van der Waals surface area contributed by atoms with Gasteiger partial charge in [0.1, 0.15) is 11.5 Å². The van der Waals surface area contributed by atoms with Crippen molar-refractivity contribution >= 4 is 11.6 Å². The molecule has 5 heteroatoms. The largest absolute Gasteiger partial charge is 0.464 e. The first-order valence-corrected chi connectivity index (χ1v) is 7.32. The zero-order valence-electron chi connectivity index (χ0n) is 12.5. The molecule has 0 spiro atoms. The van der Waals surface area contributed by atoms with Crippen LogP contribution in [0.25, 0.3) is 0 Å². The first kappa shape index (κ1) is 15.1. The minimum Gasteiger partial charge on any atom is -0.464 e.